The number of benzene rings is 1. The first-order valence-electron chi connectivity index (χ1n) is 8.15. The molecule has 1 saturated heterocycles. The van der Waals surface area contributed by atoms with E-state index in [1.165, 1.54) is 38.1 Å². The van der Waals surface area contributed by atoms with Crippen molar-refractivity contribution in [1.29, 1.82) is 0 Å². The summed E-state index contributed by atoms with van der Waals surface area (Å²) in [7, 11) is -3.84. The molecule has 1 aliphatic heterocycles. The number of nitrogens with zero attached hydrogens (tertiary/aromatic N) is 1. The average molecular weight is 368 g/mol. The van der Waals surface area contributed by atoms with Crippen molar-refractivity contribution < 1.29 is 18.0 Å². The molecule has 0 saturated carbocycles. The maximum Gasteiger partial charge on any atom is 0.241 e. The smallest absolute Gasteiger partial charge is 0.241 e. The molecule has 9 heteroatoms. The number of hydrogen-bond donors (Lipinski definition) is 3. The highest BCUT2D eigenvalue weighted by molar-refractivity contribution is 7.89. The maximum atomic E-state index is 12.5. The van der Waals surface area contributed by atoms with E-state index in [9.17, 15) is 18.0 Å². The van der Waals surface area contributed by atoms with Gasteiger partial charge in [0.15, 0.2) is 0 Å². The lowest BCUT2D eigenvalue weighted by molar-refractivity contribution is -0.133. The molecular weight excluding hydrogens is 344 g/mol. The lowest BCUT2D eigenvalue weighted by Crippen LogP contribution is -2.50. The number of anilines is 1. The molecule has 1 heterocycles. The zero-order chi connectivity index (χ0) is 18.6. The van der Waals surface area contributed by atoms with Gasteiger partial charge in [0.05, 0.1) is 10.9 Å². The van der Waals surface area contributed by atoms with Crippen molar-refractivity contribution >= 4 is 27.5 Å². The molecule has 2 unspecified atom stereocenters. The molecule has 0 aliphatic carbocycles. The van der Waals surface area contributed by atoms with Gasteiger partial charge in [-0.15, -0.1) is 0 Å². The number of nitrogens with two attached hydrogens (primary N) is 1. The molecule has 0 aromatic heterocycles. The van der Waals surface area contributed by atoms with Crippen LogP contribution in [0.4, 0.5) is 5.69 Å². The normalized spacial score (nSPS) is 18.8. The number of sulfonamides is 1. The van der Waals surface area contributed by atoms with Crippen LogP contribution in [0.5, 0.6) is 0 Å². The second-order valence-electron chi connectivity index (χ2n) is 6.11. The Morgan fingerprint density at radius 3 is 2.52 bits per heavy atom. The van der Waals surface area contributed by atoms with Crippen molar-refractivity contribution in [3.63, 3.8) is 0 Å². The number of nitrogens with one attached hydrogen (secondary N) is 2. The molecule has 1 fully saturated rings. The summed E-state index contributed by atoms with van der Waals surface area (Å²) in [5, 5.41) is 2.56. The highest BCUT2D eigenvalue weighted by Crippen LogP contribution is 2.18. The second kappa shape index (κ2) is 7.94. The summed E-state index contributed by atoms with van der Waals surface area (Å²) in [6.07, 6.45) is 1.71. The Labute approximate surface area is 147 Å². The van der Waals surface area contributed by atoms with Gasteiger partial charge < -0.3 is 16.0 Å². The van der Waals surface area contributed by atoms with Gasteiger partial charge in [-0.25, -0.2) is 8.42 Å². The van der Waals surface area contributed by atoms with E-state index in [4.69, 9.17) is 5.73 Å². The first-order chi connectivity index (χ1) is 11.7. The molecule has 25 heavy (non-hydrogen) atoms. The third kappa shape index (κ3) is 4.77. The van der Waals surface area contributed by atoms with Gasteiger partial charge in [0, 0.05) is 31.7 Å². The topological polar surface area (TPSA) is 122 Å². The molecule has 1 aliphatic rings. The maximum absolute atomic E-state index is 12.5. The van der Waals surface area contributed by atoms with Crippen molar-refractivity contribution in [3.05, 3.63) is 24.3 Å². The molecular formula is C16H24N4O4S. The molecule has 8 nitrogen and oxygen atoms in total. The standard InChI is InChI=1S/C16H24N4O4S/c1-11(16(22)20-9-3-4-14(20)10-17)19-25(23,24)15-7-5-13(6-8-15)18-12(2)21/h5-8,11,14,19H,3-4,9-10,17H2,1-2H3,(H,18,21). The molecule has 4 N–H and O–H groups in total. The highest BCUT2D eigenvalue weighted by Gasteiger charge is 2.32. The average Bonchev–Trinajstić information content (AvgIpc) is 3.02. The van der Waals surface area contributed by atoms with E-state index in [0.29, 0.717) is 18.8 Å². The number of rotatable bonds is 6. The van der Waals surface area contributed by atoms with Crippen LogP contribution < -0.4 is 15.8 Å². The van der Waals surface area contributed by atoms with Crippen LogP contribution in [0.1, 0.15) is 26.7 Å². The van der Waals surface area contributed by atoms with E-state index in [-0.39, 0.29) is 22.8 Å². The molecule has 0 radical (unpaired) electrons. The van der Waals surface area contributed by atoms with Crippen molar-refractivity contribution in [2.24, 2.45) is 5.73 Å². The van der Waals surface area contributed by atoms with Crippen LogP contribution in [0.15, 0.2) is 29.2 Å². The summed E-state index contributed by atoms with van der Waals surface area (Å²) in [5.74, 6) is -0.514. The Hall–Kier alpha value is -1.97. The molecule has 138 valence electrons. The molecule has 0 spiro atoms. The molecule has 2 rings (SSSR count). The van der Waals surface area contributed by atoms with E-state index >= 15 is 0 Å². The van der Waals surface area contributed by atoms with Crippen molar-refractivity contribution in [1.82, 2.24) is 9.62 Å². The zero-order valence-corrected chi connectivity index (χ0v) is 15.2. The summed E-state index contributed by atoms with van der Waals surface area (Å²) in [6, 6.07) is 4.83. The first kappa shape index (κ1) is 19.4. The van der Waals surface area contributed by atoms with Gasteiger partial charge in [0.25, 0.3) is 0 Å². The van der Waals surface area contributed by atoms with E-state index in [1.807, 2.05) is 0 Å². The van der Waals surface area contributed by atoms with Crippen LogP contribution in [-0.2, 0) is 19.6 Å². The van der Waals surface area contributed by atoms with E-state index in [0.717, 1.165) is 12.8 Å². The Balaban J connectivity index is 2.07. The SMILES string of the molecule is CC(=O)Nc1ccc(S(=O)(=O)NC(C)C(=O)N2CCCC2CN)cc1. The zero-order valence-electron chi connectivity index (χ0n) is 14.4. The summed E-state index contributed by atoms with van der Waals surface area (Å²) >= 11 is 0. The fraction of sp³-hybridized carbons (Fsp3) is 0.500. The van der Waals surface area contributed by atoms with Crippen molar-refractivity contribution in [2.45, 2.75) is 43.7 Å². The third-order valence-electron chi connectivity index (χ3n) is 4.12. The monoisotopic (exact) mass is 368 g/mol. The number of carbonyl (C=O) groups excluding carboxylic acids is 2. The van der Waals surface area contributed by atoms with Gasteiger partial charge in [0.2, 0.25) is 21.8 Å². The van der Waals surface area contributed by atoms with Crippen LogP contribution in [0.2, 0.25) is 0 Å². The summed E-state index contributed by atoms with van der Waals surface area (Å²) in [5.41, 5.74) is 6.17. The molecule has 0 bridgehead atoms. The Kier molecular flexibility index (Phi) is 6.15. The Bertz CT molecular complexity index is 733. The Morgan fingerprint density at radius 1 is 1.32 bits per heavy atom. The van der Waals surface area contributed by atoms with Gasteiger partial charge in [-0.05, 0) is 44.0 Å². The van der Waals surface area contributed by atoms with E-state index < -0.39 is 16.1 Å². The summed E-state index contributed by atoms with van der Waals surface area (Å²) < 4.78 is 27.3. The van der Waals surface area contributed by atoms with Gasteiger partial charge in [-0.3, -0.25) is 9.59 Å². The molecule has 1 aromatic rings. The third-order valence-corrected chi connectivity index (χ3v) is 5.68. The van der Waals surface area contributed by atoms with Crippen LogP contribution in [-0.4, -0.2) is 50.3 Å². The van der Waals surface area contributed by atoms with Crippen molar-refractivity contribution in [2.75, 3.05) is 18.4 Å². The largest absolute Gasteiger partial charge is 0.337 e. The predicted octanol–water partition coefficient (Wildman–Crippen LogP) is 0.262. The number of hydrogen-bond acceptors (Lipinski definition) is 5. The highest BCUT2D eigenvalue weighted by atomic mass is 32.2. The van der Waals surface area contributed by atoms with Crippen LogP contribution in [0.25, 0.3) is 0 Å². The van der Waals surface area contributed by atoms with Crippen molar-refractivity contribution in [3.8, 4) is 0 Å². The lowest BCUT2D eigenvalue weighted by atomic mass is 10.2. The molecule has 1 aromatic carbocycles. The van der Waals surface area contributed by atoms with Crippen LogP contribution >= 0.6 is 0 Å². The first-order valence-corrected chi connectivity index (χ1v) is 9.63. The number of amides is 2. The van der Waals surface area contributed by atoms with Gasteiger partial charge >= 0.3 is 0 Å². The van der Waals surface area contributed by atoms with Gasteiger partial charge in [-0.1, -0.05) is 0 Å². The van der Waals surface area contributed by atoms with Crippen LogP contribution in [0.3, 0.4) is 0 Å². The minimum Gasteiger partial charge on any atom is -0.337 e. The summed E-state index contributed by atoms with van der Waals surface area (Å²) in [4.78, 5) is 25.2. The van der Waals surface area contributed by atoms with Gasteiger partial charge in [0.1, 0.15) is 0 Å². The van der Waals surface area contributed by atoms with Gasteiger partial charge in [-0.2, -0.15) is 4.72 Å². The number of likely N-dealkylation sites (tertiary alicyclic amines) is 1. The molecule has 2 amide bonds. The predicted molar refractivity (Wildman–Crippen MR) is 94.3 cm³/mol. The summed E-state index contributed by atoms with van der Waals surface area (Å²) in [6.45, 7) is 3.86. The minimum atomic E-state index is -3.84. The fourth-order valence-electron chi connectivity index (χ4n) is 2.89. The molecule has 2 atom stereocenters. The minimum absolute atomic E-state index is 0.0260. The quantitative estimate of drug-likeness (QED) is 0.665. The van der Waals surface area contributed by atoms with E-state index in [1.54, 1.807) is 4.90 Å². The fourth-order valence-corrected chi connectivity index (χ4v) is 4.09. The Morgan fingerprint density at radius 2 is 1.96 bits per heavy atom. The second-order valence-corrected chi connectivity index (χ2v) is 7.83. The van der Waals surface area contributed by atoms with E-state index in [2.05, 4.69) is 10.0 Å². The lowest BCUT2D eigenvalue weighted by Gasteiger charge is -2.26. The van der Waals surface area contributed by atoms with Crippen LogP contribution in [0, 0.1) is 0 Å². The number of carbonyl (C=O) groups is 2.